The summed E-state index contributed by atoms with van der Waals surface area (Å²) in [6, 6.07) is 10.8. The Bertz CT molecular complexity index is 597. The van der Waals surface area contributed by atoms with Crippen molar-refractivity contribution < 1.29 is 5.11 Å². The first kappa shape index (κ1) is 13.6. The van der Waals surface area contributed by atoms with Gasteiger partial charge >= 0.3 is 0 Å². The van der Waals surface area contributed by atoms with E-state index in [1.54, 1.807) is 6.07 Å². The molecule has 0 unspecified atom stereocenters. The molecule has 1 N–H and O–H groups in total. The number of hydrogen-bond donors (Lipinski definition) is 1. The summed E-state index contributed by atoms with van der Waals surface area (Å²) in [5.41, 5.74) is 1.29. The number of phenols is 1. The molecule has 0 saturated heterocycles. The van der Waals surface area contributed by atoms with E-state index < -0.39 is 0 Å². The third-order valence-electron chi connectivity index (χ3n) is 2.24. The third kappa shape index (κ3) is 3.37. The number of hydrogen-bond acceptors (Lipinski definition) is 2. The Labute approximate surface area is 128 Å². The average Bonchev–Trinajstić information content (AvgIpc) is 2.34. The number of halogens is 3. The van der Waals surface area contributed by atoms with Gasteiger partial charge in [0.25, 0.3) is 0 Å². The fourth-order valence-corrected chi connectivity index (χ4v) is 2.22. The third-order valence-corrected chi connectivity index (χ3v) is 3.46. The van der Waals surface area contributed by atoms with Crippen molar-refractivity contribution in [1.82, 2.24) is 0 Å². The van der Waals surface area contributed by atoms with Crippen molar-refractivity contribution >= 4 is 57.7 Å². The molecule has 5 heteroatoms. The van der Waals surface area contributed by atoms with Crippen LogP contribution >= 0.6 is 45.8 Å². The van der Waals surface area contributed by atoms with Crippen molar-refractivity contribution in [3.8, 4) is 5.75 Å². The highest BCUT2D eigenvalue weighted by molar-refractivity contribution is 14.1. The number of phenolic OH excluding ortho intramolecular Hbond substituents is 1. The van der Waals surface area contributed by atoms with Crippen LogP contribution in [0, 0.1) is 3.57 Å². The molecular weight excluding hydrogens is 384 g/mol. The second kappa shape index (κ2) is 5.91. The van der Waals surface area contributed by atoms with E-state index in [1.807, 2.05) is 24.3 Å². The van der Waals surface area contributed by atoms with Crippen molar-refractivity contribution in [3.05, 3.63) is 55.6 Å². The molecule has 2 nitrogen and oxygen atoms in total. The van der Waals surface area contributed by atoms with E-state index in [-0.39, 0.29) is 10.8 Å². The molecule has 0 aromatic heterocycles. The van der Waals surface area contributed by atoms with Gasteiger partial charge in [-0.15, -0.1) is 0 Å². The summed E-state index contributed by atoms with van der Waals surface area (Å²) in [4.78, 5) is 4.26. The summed E-state index contributed by atoms with van der Waals surface area (Å²) in [5.74, 6) is -0.0182. The topological polar surface area (TPSA) is 32.6 Å². The average molecular weight is 392 g/mol. The zero-order valence-electron chi connectivity index (χ0n) is 9.07. The van der Waals surface area contributed by atoms with Crippen LogP contribution in [0.15, 0.2) is 41.4 Å². The van der Waals surface area contributed by atoms with Crippen LogP contribution in [0.5, 0.6) is 5.75 Å². The Kier molecular flexibility index (Phi) is 4.48. The van der Waals surface area contributed by atoms with Crippen molar-refractivity contribution in [2.75, 3.05) is 0 Å². The molecule has 0 aliphatic heterocycles. The zero-order chi connectivity index (χ0) is 13.1. The maximum atomic E-state index is 9.76. The van der Waals surface area contributed by atoms with Crippen LogP contribution in [0.4, 0.5) is 5.69 Å². The van der Waals surface area contributed by atoms with Gasteiger partial charge in [0, 0.05) is 20.4 Å². The lowest BCUT2D eigenvalue weighted by Gasteiger charge is -2.02. The summed E-state index contributed by atoms with van der Waals surface area (Å²) in [6.07, 6.45) is 1.54. The van der Waals surface area contributed by atoms with Gasteiger partial charge in [-0.3, -0.25) is 4.99 Å². The number of rotatable bonds is 2. The highest BCUT2D eigenvalue weighted by Gasteiger charge is 2.05. The van der Waals surface area contributed by atoms with Gasteiger partial charge in [-0.25, -0.2) is 0 Å². The second-order valence-electron chi connectivity index (χ2n) is 3.56. The SMILES string of the molecule is Oc1c(Cl)cc(Cl)cc1C=Nc1ccc(I)cc1. The van der Waals surface area contributed by atoms with Gasteiger partial charge in [0.2, 0.25) is 0 Å². The minimum atomic E-state index is -0.0182. The molecule has 0 bridgehead atoms. The van der Waals surface area contributed by atoms with Crippen LogP contribution < -0.4 is 0 Å². The lowest BCUT2D eigenvalue weighted by atomic mass is 10.2. The highest BCUT2D eigenvalue weighted by atomic mass is 127. The lowest BCUT2D eigenvalue weighted by molar-refractivity contribution is 0.475. The van der Waals surface area contributed by atoms with E-state index in [0.29, 0.717) is 10.6 Å². The first-order chi connectivity index (χ1) is 8.56. The zero-order valence-corrected chi connectivity index (χ0v) is 12.7. The molecule has 0 fully saturated rings. The summed E-state index contributed by atoms with van der Waals surface area (Å²) in [6.45, 7) is 0. The van der Waals surface area contributed by atoms with Crippen LogP contribution in [0.3, 0.4) is 0 Å². The second-order valence-corrected chi connectivity index (χ2v) is 5.65. The summed E-state index contributed by atoms with van der Waals surface area (Å²) < 4.78 is 1.14. The summed E-state index contributed by atoms with van der Waals surface area (Å²) in [5, 5.41) is 10.4. The fourth-order valence-electron chi connectivity index (χ4n) is 1.36. The largest absolute Gasteiger partial charge is 0.506 e. The van der Waals surface area contributed by atoms with Crippen LogP contribution in [0.1, 0.15) is 5.56 Å². The standard InChI is InChI=1S/C13H8Cl2INO/c14-9-5-8(13(18)12(15)6-9)7-17-11-3-1-10(16)2-4-11/h1-7,18H. The molecule has 0 heterocycles. The Hall–Kier alpha value is -0.780. The number of aromatic hydroxyl groups is 1. The van der Waals surface area contributed by atoms with Gasteiger partial charge in [0.05, 0.1) is 10.7 Å². The number of benzene rings is 2. The summed E-state index contributed by atoms with van der Waals surface area (Å²) >= 11 is 13.9. The lowest BCUT2D eigenvalue weighted by Crippen LogP contribution is -1.84. The molecule has 92 valence electrons. The van der Waals surface area contributed by atoms with E-state index in [0.717, 1.165) is 9.26 Å². The Morgan fingerprint density at radius 1 is 1.11 bits per heavy atom. The van der Waals surface area contributed by atoms with Crippen LogP contribution in [0.2, 0.25) is 10.0 Å². The maximum absolute atomic E-state index is 9.76. The minimum Gasteiger partial charge on any atom is -0.506 e. The molecule has 0 saturated carbocycles. The fraction of sp³-hybridized carbons (Fsp3) is 0. The Balaban J connectivity index is 2.31. The van der Waals surface area contributed by atoms with Crippen LogP contribution in [-0.2, 0) is 0 Å². The van der Waals surface area contributed by atoms with Crippen LogP contribution in [0.25, 0.3) is 0 Å². The van der Waals surface area contributed by atoms with Gasteiger partial charge in [0.15, 0.2) is 0 Å². The first-order valence-corrected chi connectivity index (χ1v) is 6.87. The molecule has 0 aliphatic carbocycles. The molecule has 0 radical (unpaired) electrons. The van der Waals surface area contributed by atoms with Gasteiger partial charge in [-0.2, -0.15) is 0 Å². The van der Waals surface area contributed by atoms with E-state index in [2.05, 4.69) is 27.6 Å². The Morgan fingerprint density at radius 3 is 2.44 bits per heavy atom. The molecule has 0 spiro atoms. The summed E-state index contributed by atoms with van der Waals surface area (Å²) in [7, 11) is 0. The highest BCUT2D eigenvalue weighted by Crippen LogP contribution is 2.30. The molecule has 0 aliphatic rings. The van der Waals surface area contributed by atoms with E-state index in [9.17, 15) is 5.11 Å². The van der Waals surface area contributed by atoms with E-state index in [4.69, 9.17) is 23.2 Å². The van der Waals surface area contributed by atoms with E-state index in [1.165, 1.54) is 12.3 Å². The van der Waals surface area contributed by atoms with Crippen LogP contribution in [-0.4, -0.2) is 11.3 Å². The quantitative estimate of drug-likeness (QED) is 0.563. The van der Waals surface area contributed by atoms with E-state index >= 15 is 0 Å². The molecule has 2 rings (SSSR count). The molecule has 18 heavy (non-hydrogen) atoms. The van der Waals surface area contributed by atoms with Gasteiger partial charge < -0.3 is 5.11 Å². The molecule has 2 aromatic rings. The van der Waals surface area contributed by atoms with Gasteiger partial charge in [-0.1, -0.05) is 23.2 Å². The first-order valence-electron chi connectivity index (χ1n) is 5.04. The molecular formula is C13H8Cl2INO. The van der Waals surface area contributed by atoms with Crippen molar-refractivity contribution in [2.24, 2.45) is 4.99 Å². The number of nitrogens with zero attached hydrogens (tertiary/aromatic N) is 1. The van der Waals surface area contributed by atoms with Gasteiger partial charge in [0.1, 0.15) is 5.75 Å². The van der Waals surface area contributed by atoms with Gasteiger partial charge in [-0.05, 0) is 59.0 Å². The predicted octanol–water partition coefficient (Wildman–Crippen LogP) is 5.05. The smallest absolute Gasteiger partial charge is 0.143 e. The normalized spacial score (nSPS) is 11.1. The minimum absolute atomic E-state index is 0.0182. The molecule has 2 aromatic carbocycles. The van der Waals surface area contributed by atoms with Crippen molar-refractivity contribution in [2.45, 2.75) is 0 Å². The van der Waals surface area contributed by atoms with Crippen molar-refractivity contribution in [1.29, 1.82) is 0 Å². The maximum Gasteiger partial charge on any atom is 0.143 e. The Morgan fingerprint density at radius 2 is 1.78 bits per heavy atom. The van der Waals surface area contributed by atoms with Crippen molar-refractivity contribution in [3.63, 3.8) is 0 Å². The predicted molar refractivity (Wildman–Crippen MR) is 84.5 cm³/mol. The monoisotopic (exact) mass is 391 g/mol. The number of aliphatic imine (C=N–C) groups is 1. The molecule has 0 atom stereocenters. The molecule has 0 amide bonds.